The number of ketones is 1. The number of furan rings is 1. The lowest BCUT2D eigenvalue weighted by molar-refractivity contribution is -0.206. The van der Waals surface area contributed by atoms with E-state index in [1.54, 1.807) is 6.07 Å². The Morgan fingerprint density at radius 1 is 1.22 bits per heavy atom. The van der Waals surface area contributed by atoms with Gasteiger partial charge in [-0.3, -0.25) is 18.6 Å². The zero-order valence-corrected chi connectivity index (χ0v) is 19.3. The van der Waals surface area contributed by atoms with Crippen molar-refractivity contribution >= 4 is 27.8 Å². The average Bonchev–Trinajstić information content (AvgIpc) is 3.22. The van der Waals surface area contributed by atoms with Gasteiger partial charge in [-0.25, -0.2) is 0 Å². The Labute approximate surface area is 186 Å². The highest BCUT2D eigenvalue weighted by Crippen LogP contribution is 2.65. The molecule has 2 heterocycles. The van der Waals surface area contributed by atoms with Crippen LogP contribution in [0.2, 0.25) is 0 Å². The van der Waals surface area contributed by atoms with Gasteiger partial charge in [-0.05, 0) is 42.6 Å². The molecule has 0 spiro atoms. The van der Waals surface area contributed by atoms with E-state index in [2.05, 4.69) is 0 Å². The SMILES string of the molecule is COC(=O)[C@@H]1C[C@H](OS(C)(=O)=O)C(=O)[C@H]2[C@@]1(C)CC[C@H]1C(=O)O[C@@H](c3ccoc3)C[C@]21C. The topological polar surface area (TPSA) is 126 Å². The van der Waals surface area contributed by atoms with Crippen LogP contribution in [0.15, 0.2) is 23.0 Å². The van der Waals surface area contributed by atoms with Gasteiger partial charge in [0, 0.05) is 11.5 Å². The van der Waals surface area contributed by atoms with Gasteiger partial charge in [-0.2, -0.15) is 8.42 Å². The molecule has 0 N–H and O–H groups in total. The minimum atomic E-state index is -3.95. The number of hydrogen-bond acceptors (Lipinski definition) is 9. The predicted octanol–water partition coefficient (Wildman–Crippen LogP) is 2.41. The van der Waals surface area contributed by atoms with Crippen molar-refractivity contribution in [1.29, 1.82) is 0 Å². The van der Waals surface area contributed by atoms with Crippen molar-refractivity contribution in [3.63, 3.8) is 0 Å². The minimum absolute atomic E-state index is 0.0814. The van der Waals surface area contributed by atoms with Crippen molar-refractivity contribution in [3.05, 3.63) is 24.2 Å². The Balaban J connectivity index is 1.81. The highest BCUT2D eigenvalue weighted by Gasteiger charge is 2.67. The minimum Gasteiger partial charge on any atom is -0.472 e. The van der Waals surface area contributed by atoms with Crippen molar-refractivity contribution in [1.82, 2.24) is 0 Å². The van der Waals surface area contributed by atoms with Crippen LogP contribution in [0.1, 0.15) is 51.2 Å². The van der Waals surface area contributed by atoms with E-state index in [4.69, 9.17) is 18.1 Å². The first kappa shape index (κ1) is 23.0. The highest BCUT2D eigenvalue weighted by molar-refractivity contribution is 7.86. The van der Waals surface area contributed by atoms with Crippen molar-refractivity contribution in [2.75, 3.05) is 13.4 Å². The summed E-state index contributed by atoms with van der Waals surface area (Å²) in [6, 6.07) is 1.71. The van der Waals surface area contributed by atoms with Crippen LogP contribution in [0.4, 0.5) is 0 Å². The third kappa shape index (κ3) is 3.57. The van der Waals surface area contributed by atoms with Gasteiger partial charge in [-0.1, -0.05) is 13.8 Å². The summed E-state index contributed by atoms with van der Waals surface area (Å²) in [5.41, 5.74) is -1.000. The lowest BCUT2D eigenvalue weighted by Crippen LogP contribution is -2.64. The molecule has 3 fully saturated rings. The average molecular weight is 469 g/mol. The maximum absolute atomic E-state index is 13.7. The van der Waals surface area contributed by atoms with Gasteiger partial charge in [0.15, 0.2) is 5.78 Å². The molecule has 7 atom stereocenters. The van der Waals surface area contributed by atoms with Gasteiger partial charge in [0.05, 0.1) is 37.7 Å². The third-order valence-corrected chi connectivity index (χ3v) is 8.38. The van der Waals surface area contributed by atoms with Crippen molar-refractivity contribution in [3.8, 4) is 0 Å². The summed E-state index contributed by atoms with van der Waals surface area (Å²) in [5, 5.41) is 0. The Morgan fingerprint density at radius 2 is 1.94 bits per heavy atom. The van der Waals surface area contributed by atoms with Crippen LogP contribution in [-0.2, 0) is 38.2 Å². The fourth-order valence-electron chi connectivity index (χ4n) is 6.45. The second-order valence-corrected chi connectivity index (χ2v) is 11.3. The number of carbonyl (C=O) groups is 3. The van der Waals surface area contributed by atoms with E-state index in [0.717, 1.165) is 6.26 Å². The number of fused-ring (bicyclic) bond motifs is 3. The molecule has 1 aromatic heterocycles. The van der Waals surface area contributed by atoms with Crippen LogP contribution >= 0.6 is 0 Å². The molecule has 176 valence electrons. The molecule has 0 aromatic carbocycles. The molecule has 1 saturated heterocycles. The van der Waals surface area contributed by atoms with Crippen LogP contribution in [0.25, 0.3) is 0 Å². The van der Waals surface area contributed by atoms with E-state index in [0.29, 0.717) is 24.8 Å². The van der Waals surface area contributed by atoms with Crippen LogP contribution in [-0.4, -0.2) is 45.6 Å². The molecule has 0 amide bonds. The summed E-state index contributed by atoms with van der Waals surface area (Å²) in [4.78, 5) is 39.6. The fourth-order valence-corrected chi connectivity index (χ4v) is 7.05. The summed E-state index contributed by atoms with van der Waals surface area (Å²) in [6.45, 7) is 3.73. The molecule has 2 aliphatic carbocycles. The largest absolute Gasteiger partial charge is 0.472 e. The van der Waals surface area contributed by atoms with Gasteiger partial charge in [-0.15, -0.1) is 0 Å². The van der Waals surface area contributed by atoms with E-state index in [9.17, 15) is 22.8 Å². The smallest absolute Gasteiger partial charge is 0.310 e. The Bertz CT molecular complexity index is 1030. The summed E-state index contributed by atoms with van der Waals surface area (Å²) in [5.74, 6) is -3.40. The molecule has 1 aromatic rings. The second-order valence-electron chi connectivity index (χ2n) is 9.73. The monoisotopic (exact) mass is 468 g/mol. The predicted molar refractivity (Wildman–Crippen MR) is 109 cm³/mol. The number of ether oxygens (including phenoxy) is 2. The van der Waals surface area contributed by atoms with E-state index in [-0.39, 0.29) is 6.42 Å². The molecule has 4 rings (SSSR count). The van der Waals surface area contributed by atoms with Gasteiger partial charge in [0.25, 0.3) is 10.1 Å². The summed E-state index contributed by atoms with van der Waals surface area (Å²) in [7, 11) is -2.69. The van der Waals surface area contributed by atoms with E-state index < -0.39 is 68.6 Å². The van der Waals surface area contributed by atoms with E-state index in [1.807, 2.05) is 13.8 Å². The second kappa shape index (κ2) is 7.69. The first-order valence-electron chi connectivity index (χ1n) is 10.6. The van der Waals surface area contributed by atoms with Crippen LogP contribution in [0, 0.1) is 28.6 Å². The Morgan fingerprint density at radius 3 is 2.53 bits per heavy atom. The first-order chi connectivity index (χ1) is 14.9. The fraction of sp³-hybridized carbons (Fsp3) is 0.682. The standard InChI is InChI=1S/C22H28O9S/c1-21-7-5-13-20(25)30-16(12-6-8-29-11-12)10-22(13,2)18(21)17(23)15(31-32(4,26)27)9-14(21)19(24)28-3/h6,8,11,13-16,18H,5,7,9-10H2,1-4H3/t13-,14-,15-,16+,18-,21-,22-/m0/s1. The molecule has 3 aliphatic rings. The van der Waals surface area contributed by atoms with Crippen molar-refractivity contribution in [2.24, 2.45) is 28.6 Å². The zero-order chi connectivity index (χ0) is 23.5. The van der Waals surface area contributed by atoms with Gasteiger partial charge in [0.1, 0.15) is 12.2 Å². The number of cyclic esters (lactones) is 1. The number of carbonyl (C=O) groups excluding carboxylic acids is 3. The molecule has 0 bridgehead atoms. The van der Waals surface area contributed by atoms with Crippen molar-refractivity contribution < 1.29 is 40.9 Å². The number of hydrogen-bond donors (Lipinski definition) is 0. The molecular formula is C22H28O9S. The summed E-state index contributed by atoms with van der Waals surface area (Å²) in [6.07, 6.45) is 3.09. The highest BCUT2D eigenvalue weighted by atomic mass is 32.2. The lowest BCUT2D eigenvalue weighted by Gasteiger charge is -2.61. The van der Waals surface area contributed by atoms with Crippen LogP contribution < -0.4 is 0 Å². The third-order valence-electron chi connectivity index (χ3n) is 7.79. The Hall–Kier alpha value is -2.20. The molecule has 9 nitrogen and oxygen atoms in total. The van der Waals surface area contributed by atoms with E-state index >= 15 is 0 Å². The zero-order valence-electron chi connectivity index (χ0n) is 18.5. The van der Waals surface area contributed by atoms with Gasteiger partial charge >= 0.3 is 11.9 Å². The number of esters is 2. The molecule has 1 aliphatic heterocycles. The number of methoxy groups -OCH3 is 1. The molecule has 0 unspecified atom stereocenters. The normalized spacial score (nSPS) is 39.6. The summed E-state index contributed by atoms with van der Waals surface area (Å²) < 4.78 is 44.8. The Kier molecular flexibility index (Phi) is 5.52. The first-order valence-corrected chi connectivity index (χ1v) is 12.4. The number of rotatable bonds is 4. The van der Waals surface area contributed by atoms with Gasteiger partial charge in [0.2, 0.25) is 0 Å². The van der Waals surface area contributed by atoms with E-state index in [1.165, 1.54) is 19.6 Å². The number of Topliss-reactive ketones (excluding diaryl/α,β-unsaturated/α-hetero) is 1. The molecule has 2 saturated carbocycles. The maximum Gasteiger partial charge on any atom is 0.310 e. The molecule has 10 heteroatoms. The van der Waals surface area contributed by atoms with Crippen LogP contribution in [0.3, 0.4) is 0 Å². The quantitative estimate of drug-likeness (QED) is 0.483. The van der Waals surface area contributed by atoms with Crippen LogP contribution in [0.5, 0.6) is 0 Å². The molecule has 32 heavy (non-hydrogen) atoms. The lowest BCUT2D eigenvalue weighted by atomic mass is 9.43. The van der Waals surface area contributed by atoms with Crippen molar-refractivity contribution in [2.45, 2.75) is 51.7 Å². The molecular weight excluding hydrogens is 440 g/mol. The summed E-state index contributed by atoms with van der Waals surface area (Å²) >= 11 is 0. The maximum atomic E-state index is 13.7. The van der Waals surface area contributed by atoms with Gasteiger partial charge < -0.3 is 13.9 Å². The molecule has 0 radical (unpaired) electrons.